The van der Waals surface area contributed by atoms with Crippen molar-refractivity contribution < 1.29 is 17.8 Å². The number of benzene rings is 7. The fourth-order valence-corrected chi connectivity index (χ4v) is 9.35. The summed E-state index contributed by atoms with van der Waals surface area (Å²) in [6, 6.07) is 50.7. The SMILES string of the molecule is O=P(c1ccccc1)(c1ccccc1)c1ccc(-c2cc(-c3nc(-c4ccc(F)cc4)nc(-c4ccc(F)cc4)n3)cc3c2oc2ccccc23)cc1. The molecule has 2 aromatic heterocycles. The van der Waals surface area contributed by atoms with Gasteiger partial charge in [-0.05, 0) is 72.3 Å². The molecule has 0 aliphatic heterocycles. The molecule has 5 nitrogen and oxygen atoms in total. The van der Waals surface area contributed by atoms with Gasteiger partial charge in [0.25, 0.3) is 0 Å². The van der Waals surface area contributed by atoms with E-state index in [1.165, 1.54) is 24.3 Å². The maximum atomic E-state index is 15.1. The van der Waals surface area contributed by atoms with Crippen molar-refractivity contribution in [2.45, 2.75) is 0 Å². The fourth-order valence-electron chi connectivity index (χ4n) is 6.71. The lowest BCUT2D eigenvalue weighted by Crippen LogP contribution is -2.24. The van der Waals surface area contributed by atoms with E-state index in [-0.39, 0.29) is 11.6 Å². The van der Waals surface area contributed by atoms with Crippen LogP contribution in [0.2, 0.25) is 0 Å². The van der Waals surface area contributed by atoms with Crippen LogP contribution in [-0.2, 0) is 4.57 Å². The van der Waals surface area contributed by atoms with Crippen LogP contribution < -0.4 is 15.9 Å². The summed E-state index contributed by atoms with van der Waals surface area (Å²) in [5.41, 5.74) is 4.95. The van der Waals surface area contributed by atoms with Crippen molar-refractivity contribution in [2.75, 3.05) is 0 Å². The summed E-state index contributed by atoms with van der Waals surface area (Å²) >= 11 is 0. The lowest BCUT2D eigenvalue weighted by molar-refractivity contribution is 0.592. The third kappa shape index (κ3) is 5.91. The average molecular weight is 712 g/mol. The van der Waals surface area contributed by atoms with E-state index in [4.69, 9.17) is 19.4 Å². The summed E-state index contributed by atoms with van der Waals surface area (Å²) in [6.07, 6.45) is 0. The van der Waals surface area contributed by atoms with Gasteiger partial charge in [0.15, 0.2) is 24.6 Å². The molecule has 0 atom stereocenters. The molecular formula is C45H28F2N3O2P. The van der Waals surface area contributed by atoms with Crippen LogP contribution in [-0.4, -0.2) is 15.0 Å². The number of rotatable bonds is 7. The minimum absolute atomic E-state index is 0.343. The summed E-state index contributed by atoms with van der Waals surface area (Å²) in [5, 5.41) is 4.00. The van der Waals surface area contributed by atoms with Crippen molar-refractivity contribution in [1.29, 1.82) is 0 Å². The Morgan fingerprint density at radius 2 is 0.887 bits per heavy atom. The predicted octanol–water partition coefficient (Wildman–Crippen LogP) is 10.4. The Morgan fingerprint density at radius 1 is 0.434 bits per heavy atom. The first-order chi connectivity index (χ1) is 25.9. The van der Waals surface area contributed by atoms with E-state index >= 15 is 4.57 Å². The fraction of sp³-hybridized carbons (Fsp3) is 0. The largest absolute Gasteiger partial charge is 0.455 e. The van der Waals surface area contributed by atoms with Gasteiger partial charge in [0.1, 0.15) is 22.8 Å². The zero-order chi connectivity index (χ0) is 35.9. The number of para-hydroxylation sites is 1. The van der Waals surface area contributed by atoms with Crippen LogP contribution in [0.25, 0.3) is 67.2 Å². The summed E-state index contributed by atoms with van der Waals surface area (Å²) in [5.74, 6) is 0.309. The Labute approximate surface area is 303 Å². The Hall–Kier alpha value is -6.56. The lowest BCUT2D eigenvalue weighted by atomic mass is 9.98. The number of furan rings is 1. The zero-order valence-electron chi connectivity index (χ0n) is 28.0. The van der Waals surface area contributed by atoms with Crippen LogP contribution in [0.1, 0.15) is 0 Å². The topological polar surface area (TPSA) is 68.9 Å². The summed E-state index contributed by atoms with van der Waals surface area (Å²) in [4.78, 5) is 14.5. The number of aromatic nitrogens is 3. The Morgan fingerprint density at radius 3 is 1.43 bits per heavy atom. The number of halogens is 2. The van der Waals surface area contributed by atoms with Crippen molar-refractivity contribution in [1.82, 2.24) is 15.0 Å². The van der Waals surface area contributed by atoms with Crippen LogP contribution in [0.15, 0.2) is 174 Å². The normalized spacial score (nSPS) is 11.7. The molecule has 0 aliphatic rings. The van der Waals surface area contributed by atoms with E-state index in [0.29, 0.717) is 45.1 Å². The van der Waals surface area contributed by atoms with Gasteiger partial charge in [0.2, 0.25) is 0 Å². The van der Waals surface area contributed by atoms with Crippen molar-refractivity contribution in [2.24, 2.45) is 0 Å². The first-order valence-corrected chi connectivity index (χ1v) is 18.7. The first-order valence-electron chi connectivity index (χ1n) is 17.0. The van der Waals surface area contributed by atoms with E-state index in [1.54, 1.807) is 24.3 Å². The Balaban J connectivity index is 1.24. The third-order valence-corrected chi connectivity index (χ3v) is 12.4. The van der Waals surface area contributed by atoms with Crippen molar-refractivity contribution in [3.8, 4) is 45.3 Å². The highest BCUT2D eigenvalue weighted by Gasteiger charge is 2.29. The highest BCUT2D eigenvalue weighted by Crippen LogP contribution is 2.44. The molecule has 9 rings (SSSR count). The van der Waals surface area contributed by atoms with Gasteiger partial charge in [0, 0.05) is 48.9 Å². The van der Waals surface area contributed by atoms with Crippen molar-refractivity contribution >= 4 is 45.0 Å². The van der Waals surface area contributed by atoms with Gasteiger partial charge in [-0.15, -0.1) is 0 Å². The summed E-state index contributed by atoms with van der Waals surface area (Å²) < 4.78 is 49.4. The smallest absolute Gasteiger partial charge is 0.171 e. The highest BCUT2D eigenvalue weighted by atomic mass is 31.2. The van der Waals surface area contributed by atoms with Gasteiger partial charge >= 0.3 is 0 Å². The standard InChI is InChI=1S/C45H28F2N3O2P/c46-33-21-15-30(16-22-33)43-48-44(31-17-23-34(47)24-18-31)50-45(49-43)32-27-39(42-40(28-32)38-13-7-8-14-41(38)52-42)29-19-25-37(26-20-29)53(51,35-9-3-1-4-10-35)36-11-5-2-6-12-36/h1-28H. The molecule has 0 aliphatic carbocycles. The Bertz CT molecular complexity index is 2700. The molecule has 0 amide bonds. The molecule has 0 unspecified atom stereocenters. The number of hydrogen-bond acceptors (Lipinski definition) is 5. The van der Waals surface area contributed by atoms with E-state index in [9.17, 15) is 8.78 Å². The van der Waals surface area contributed by atoms with Gasteiger partial charge < -0.3 is 8.98 Å². The van der Waals surface area contributed by atoms with Gasteiger partial charge in [-0.3, -0.25) is 0 Å². The number of fused-ring (bicyclic) bond motifs is 3. The molecule has 53 heavy (non-hydrogen) atoms. The van der Waals surface area contributed by atoms with E-state index in [1.807, 2.05) is 121 Å². The second-order valence-electron chi connectivity index (χ2n) is 12.6. The summed E-state index contributed by atoms with van der Waals surface area (Å²) in [6.45, 7) is 0. The molecule has 0 radical (unpaired) electrons. The van der Waals surface area contributed by atoms with Gasteiger partial charge in [-0.25, -0.2) is 23.7 Å². The molecule has 2 heterocycles. The van der Waals surface area contributed by atoms with Crippen LogP contribution in [0, 0.1) is 11.6 Å². The second-order valence-corrected chi connectivity index (χ2v) is 15.4. The van der Waals surface area contributed by atoms with Crippen LogP contribution in [0.3, 0.4) is 0 Å². The maximum absolute atomic E-state index is 15.1. The minimum atomic E-state index is -3.19. The quantitative estimate of drug-likeness (QED) is 0.154. The molecule has 7 aromatic carbocycles. The second kappa shape index (κ2) is 13.2. The molecule has 0 saturated carbocycles. The van der Waals surface area contributed by atoms with Crippen LogP contribution in [0.5, 0.6) is 0 Å². The molecule has 8 heteroatoms. The first kappa shape index (κ1) is 32.4. The minimum Gasteiger partial charge on any atom is -0.455 e. The number of hydrogen-bond donors (Lipinski definition) is 0. The molecule has 0 fully saturated rings. The van der Waals surface area contributed by atoms with Crippen LogP contribution in [0.4, 0.5) is 8.78 Å². The average Bonchev–Trinajstić information content (AvgIpc) is 3.60. The van der Waals surface area contributed by atoms with E-state index in [2.05, 4.69) is 0 Å². The third-order valence-electron chi connectivity index (χ3n) is 9.36. The molecular weight excluding hydrogens is 683 g/mol. The summed E-state index contributed by atoms with van der Waals surface area (Å²) in [7, 11) is -3.19. The monoisotopic (exact) mass is 711 g/mol. The maximum Gasteiger partial charge on any atom is 0.171 e. The van der Waals surface area contributed by atoms with E-state index < -0.39 is 7.14 Å². The van der Waals surface area contributed by atoms with Gasteiger partial charge in [-0.2, -0.15) is 0 Å². The molecule has 0 bridgehead atoms. The van der Waals surface area contributed by atoms with Crippen molar-refractivity contribution in [3.05, 3.63) is 181 Å². The van der Waals surface area contributed by atoms with Gasteiger partial charge in [0.05, 0.1) is 0 Å². The highest BCUT2D eigenvalue weighted by molar-refractivity contribution is 7.85. The zero-order valence-corrected chi connectivity index (χ0v) is 28.9. The van der Waals surface area contributed by atoms with Crippen LogP contribution >= 0.6 is 7.14 Å². The van der Waals surface area contributed by atoms with Gasteiger partial charge in [-0.1, -0.05) is 103 Å². The lowest BCUT2D eigenvalue weighted by Gasteiger charge is -2.20. The molecule has 254 valence electrons. The predicted molar refractivity (Wildman–Crippen MR) is 208 cm³/mol. The molecule has 0 saturated heterocycles. The molecule has 9 aromatic rings. The molecule has 0 spiro atoms. The Kier molecular flexibility index (Phi) is 8.06. The number of nitrogens with zero attached hydrogens (tertiary/aromatic N) is 3. The molecule has 0 N–H and O–H groups in total. The van der Waals surface area contributed by atoms with E-state index in [0.717, 1.165) is 38.1 Å². The van der Waals surface area contributed by atoms with Crippen molar-refractivity contribution in [3.63, 3.8) is 0 Å².